The number of nitrogens with zero attached hydrogens (tertiary/aromatic N) is 1. The van der Waals surface area contributed by atoms with Crippen molar-refractivity contribution in [1.82, 2.24) is 4.90 Å². The summed E-state index contributed by atoms with van der Waals surface area (Å²) in [6, 6.07) is 0. The van der Waals surface area contributed by atoms with Gasteiger partial charge in [-0.15, -0.1) is 0 Å². The molecule has 1 aliphatic carbocycles. The van der Waals surface area contributed by atoms with Crippen molar-refractivity contribution in [3.05, 3.63) is 0 Å². The molecule has 0 radical (unpaired) electrons. The minimum absolute atomic E-state index is 0.498. The molecule has 1 atom stereocenters. The van der Waals surface area contributed by atoms with Crippen molar-refractivity contribution in [2.45, 2.75) is 58.5 Å². The molecule has 16 heavy (non-hydrogen) atoms. The third-order valence-corrected chi connectivity index (χ3v) is 5.10. The fourth-order valence-electron chi connectivity index (χ4n) is 2.90. The maximum atomic E-state index is 13.7. The van der Waals surface area contributed by atoms with Crippen LogP contribution in [0, 0.1) is 11.3 Å². The van der Waals surface area contributed by atoms with Crippen LogP contribution in [0.25, 0.3) is 0 Å². The third-order valence-electron chi connectivity index (χ3n) is 5.10. The molecule has 1 saturated heterocycles. The topological polar surface area (TPSA) is 3.24 Å². The van der Waals surface area contributed by atoms with Crippen LogP contribution in [0.15, 0.2) is 0 Å². The quantitative estimate of drug-likeness (QED) is 0.709. The summed E-state index contributed by atoms with van der Waals surface area (Å²) in [6.07, 6.45) is 5.36. The molecule has 1 heterocycles. The average molecular weight is 227 g/mol. The van der Waals surface area contributed by atoms with Gasteiger partial charge in [0, 0.05) is 6.54 Å². The van der Waals surface area contributed by atoms with Gasteiger partial charge in [0.25, 0.3) is 0 Å². The maximum absolute atomic E-state index is 13.7. The Kier molecular flexibility index (Phi) is 3.31. The van der Waals surface area contributed by atoms with Crippen LogP contribution in [0.4, 0.5) is 4.39 Å². The Morgan fingerprint density at radius 2 is 1.75 bits per heavy atom. The molecule has 2 heteroatoms. The van der Waals surface area contributed by atoms with E-state index in [9.17, 15) is 4.39 Å². The molecule has 0 bridgehead atoms. The Labute approximate surface area is 99.4 Å². The summed E-state index contributed by atoms with van der Waals surface area (Å²) < 4.78 is 13.7. The summed E-state index contributed by atoms with van der Waals surface area (Å²) in [5.74, 6) is 0.801. The number of rotatable bonds is 4. The predicted molar refractivity (Wildman–Crippen MR) is 66.3 cm³/mol. The van der Waals surface area contributed by atoms with E-state index in [2.05, 4.69) is 25.7 Å². The van der Waals surface area contributed by atoms with Crippen molar-refractivity contribution in [3.8, 4) is 0 Å². The van der Waals surface area contributed by atoms with Crippen LogP contribution in [0.1, 0.15) is 52.9 Å². The van der Waals surface area contributed by atoms with E-state index in [0.29, 0.717) is 12.0 Å². The van der Waals surface area contributed by atoms with E-state index in [-0.39, 0.29) is 0 Å². The zero-order valence-corrected chi connectivity index (χ0v) is 11.1. The van der Waals surface area contributed by atoms with Gasteiger partial charge in [-0.25, -0.2) is 4.39 Å². The van der Waals surface area contributed by atoms with Crippen molar-refractivity contribution < 1.29 is 4.39 Å². The van der Waals surface area contributed by atoms with Crippen LogP contribution in [0.5, 0.6) is 0 Å². The van der Waals surface area contributed by atoms with Crippen molar-refractivity contribution in [2.24, 2.45) is 11.3 Å². The number of likely N-dealkylation sites (tertiary alicyclic amines) is 1. The highest BCUT2D eigenvalue weighted by Crippen LogP contribution is 2.43. The SMILES string of the molecule is CC[C@@H](C)C1(C)CCN(CC2(F)CC2)CC1. The molecule has 0 N–H and O–H groups in total. The van der Waals surface area contributed by atoms with Crippen LogP contribution in [0.3, 0.4) is 0 Å². The summed E-state index contributed by atoms with van der Waals surface area (Å²) in [5, 5.41) is 0. The smallest absolute Gasteiger partial charge is 0.123 e. The lowest BCUT2D eigenvalue weighted by Crippen LogP contribution is -2.44. The lowest BCUT2D eigenvalue weighted by Gasteiger charge is -2.43. The highest BCUT2D eigenvalue weighted by molar-refractivity contribution is 4.98. The molecule has 0 aromatic rings. The molecular formula is C14H26FN. The number of hydrogen-bond donors (Lipinski definition) is 0. The second-order valence-electron chi connectivity index (χ2n) is 6.39. The molecule has 94 valence electrons. The Balaban J connectivity index is 1.81. The number of alkyl halides is 1. The van der Waals surface area contributed by atoms with Gasteiger partial charge in [-0.2, -0.15) is 0 Å². The van der Waals surface area contributed by atoms with Gasteiger partial charge in [0.2, 0.25) is 0 Å². The predicted octanol–water partition coefficient (Wildman–Crippen LogP) is 3.64. The summed E-state index contributed by atoms with van der Waals surface area (Å²) >= 11 is 0. The number of hydrogen-bond acceptors (Lipinski definition) is 1. The monoisotopic (exact) mass is 227 g/mol. The van der Waals surface area contributed by atoms with E-state index in [1.807, 2.05) is 0 Å². The first-order valence-corrected chi connectivity index (χ1v) is 6.89. The number of piperidine rings is 1. The summed E-state index contributed by atoms with van der Waals surface area (Å²) in [6.45, 7) is 9.97. The molecule has 0 aromatic carbocycles. The van der Waals surface area contributed by atoms with Crippen LogP contribution >= 0.6 is 0 Å². The van der Waals surface area contributed by atoms with Crippen molar-refractivity contribution >= 4 is 0 Å². The van der Waals surface area contributed by atoms with Gasteiger partial charge >= 0.3 is 0 Å². The molecule has 0 unspecified atom stereocenters. The van der Waals surface area contributed by atoms with Crippen LogP contribution < -0.4 is 0 Å². The van der Waals surface area contributed by atoms with Crippen LogP contribution in [-0.2, 0) is 0 Å². The van der Waals surface area contributed by atoms with E-state index in [1.54, 1.807) is 0 Å². The van der Waals surface area contributed by atoms with E-state index >= 15 is 0 Å². The van der Waals surface area contributed by atoms with E-state index in [0.717, 1.165) is 31.8 Å². The Bertz CT molecular complexity index is 239. The molecule has 0 amide bonds. The molecule has 1 nitrogen and oxygen atoms in total. The van der Waals surface area contributed by atoms with E-state index in [4.69, 9.17) is 0 Å². The van der Waals surface area contributed by atoms with Crippen molar-refractivity contribution in [2.75, 3.05) is 19.6 Å². The van der Waals surface area contributed by atoms with Crippen LogP contribution in [-0.4, -0.2) is 30.2 Å². The van der Waals surface area contributed by atoms with E-state index in [1.165, 1.54) is 19.3 Å². The zero-order chi connectivity index (χ0) is 11.8. The normalized spacial score (nSPS) is 30.0. The Hall–Kier alpha value is -0.110. The highest BCUT2D eigenvalue weighted by Gasteiger charge is 2.45. The van der Waals surface area contributed by atoms with Gasteiger partial charge in [0.15, 0.2) is 0 Å². The van der Waals surface area contributed by atoms with Crippen molar-refractivity contribution in [1.29, 1.82) is 0 Å². The summed E-state index contributed by atoms with van der Waals surface area (Å²) in [5.41, 5.74) is -0.303. The van der Waals surface area contributed by atoms with Gasteiger partial charge in [-0.1, -0.05) is 27.2 Å². The fourth-order valence-corrected chi connectivity index (χ4v) is 2.90. The van der Waals surface area contributed by atoms with Crippen molar-refractivity contribution in [3.63, 3.8) is 0 Å². The minimum Gasteiger partial charge on any atom is -0.300 e. The third kappa shape index (κ3) is 2.58. The molecule has 2 fully saturated rings. The molecule has 2 rings (SSSR count). The van der Waals surface area contributed by atoms with Gasteiger partial charge in [0.1, 0.15) is 5.67 Å². The highest BCUT2D eigenvalue weighted by atomic mass is 19.1. The molecule has 2 aliphatic rings. The van der Waals surface area contributed by atoms with Gasteiger partial charge in [0.05, 0.1) is 0 Å². The minimum atomic E-state index is -0.801. The van der Waals surface area contributed by atoms with Gasteiger partial charge in [-0.3, -0.25) is 0 Å². The maximum Gasteiger partial charge on any atom is 0.123 e. The van der Waals surface area contributed by atoms with Crippen LogP contribution in [0.2, 0.25) is 0 Å². The lowest BCUT2D eigenvalue weighted by atomic mass is 9.70. The second kappa shape index (κ2) is 4.29. The standard InChI is InChI=1S/C14H26FN/c1-4-12(2)13(3)7-9-16(10-8-13)11-14(15)5-6-14/h12H,4-11H2,1-3H3/t12-/m1/s1. The summed E-state index contributed by atoms with van der Waals surface area (Å²) in [4.78, 5) is 2.34. The van der Waals surface area contributed by atoms with E-state index < -0.39 is 5.67 Å². The molecule has 1 saturated carbocycles. The fraction of sp³-hybridized carbons (Fsp3) is 1.00. The first-order chi connectivity index (χ1) is 7.47. The molecule has 0 aromatic heterocycles. The lowest BCUT2D eigenvalue weighted by molar-refractivity contribution is 0.0523. The second-order valence-corrected chi connectivity index (χ2v) is 6.39. The molecule has 0 spiro atoms. The largest absolute Gasteiger partial charge is 0.300 e. The van der Waals surface area contributed by atoms with Gasteiger partial charge < -0.3 is 4.90 Å². The number of halogens is 1. The molecular weight excluding hydrogens is 201 g/mol. The van der Waals surface area contributed by atoms with Gasteiger partial charge in [-0.05, 0) is 50.1 Å². The Morgan fingerprint density at radius 3 is 2.19 bits per heavy atom. The zero-order valence-electron chi connectivity index (χ0n) is 11.1. The first-order valence-electron chi connectivity index (χ1n) is 6.89. The first kappa shape index (κ1) is 12.3. The average Bonchev–Trinajstić information content (AvgIpc) is 2.99. The molecule has 1 aliphatic heterocycles. The Morgan fingerprint density at radius 1 is 1.19 bits per heavy atom. The summed E-state index contributed by atoms with van der Waals surface area (Å²) in [7, 11) is 0.